The lowest BCUT2D eigenvalue weighted by molar-refractivity contribution is -0.932. The number of rotatable bonds is 6. The van der Waals surface area contributed by atoms with Gasteiger partial charge in [0.2, 0.25) is 0 Å². The minimum absolute atomic E-state index is 0.0416. The van der Waals surface area contributed by atoms with Crippen LogP contribution in [0.1, 0.15) is 31.4 Å². The van der Waals surface area contributed by atoms with E-state index in [1.807, 2.05) is 55.5 Å². The molecule has 138 valence electrons. The van der Waals surface area contributed by atoms with Crippen molar-refractivity contribution in [2.75, 3.05) is 26.1 Å². The highest BCUT2D eigenvalue weighted by Gasteiger charge is 2.38. The first-order valence-corrected chi connectivity index (χ1v) is 9.07. The molecule has 1 aliphatic rings. The third-order valence-corrected chi connectivity index (χ3v) is 5.21. The van der Waals surface area contributed by atoms with Crippen LogP contribution in [0.4, 0.5) is 5.69 Å². The molecule has 1 saturated heterocycles. The highest BCUT2D eigenvalue weighted by atomic mass is 16.5. The van der Waals surface area contributed by atoms with Crippen molar-refractivity contribution in [2.45, 2.75) is 31.8 Å². The molecule has 0 saturated carbocycles. The second-order valence-corrected chi connectivity index (χ2v) is 6.70. The highest BCUT2D eigenvalue weighted by molar-refractivity contribution is 5.93. The van der Waals surface area contributed by atoms with Gasteiger partial charge in [-0.05, 0) is 37.3 Å². The number of hydrogen-bond donors (Lipinski definition) is 2. The van der Waals surface area contributed by atoms with Gasteiger partial charge in [0.05, 0.1) is 26.3 Å². The molecule has 1 fully saturated rings. The van der Waals surface area contributed by atoms with Crippen molar-refractivity contribution in [3.8, 4) is 11.5 Å². The topological polar surface area (TPSA) is 52.0 Å². The zero-order valence-corrected chi connectivity index (χ0v) is 15.6. The van der Waals surface area contributed by atoms with Crippen LogP contribution >= 0.6 is 0 Å². The summed E-state index contributed by atoms with van der Waals surface area (Å²) < 4.78 is 11.0. The number of methoxy groups -OCH3 is 2. The van der Waals surface area contributed by atoms with Crippen molar-refractivity contribution in [3.05, 3.63) is 54.1 Å². The molecule has 26 heavy (non-hydrogen) atoms. The molecule has 2 aromatic rings. The zero-order chi connectivity index (χ0) is 18.5. The van der Waals surface area contributed by atoms with E-state index in [0.717, 1.165) is 42.1 Å². The molecule has 3 atom stereocenters. The molecule has 5 heteroatoms. The highest BCUT2D eigenvalue weighted by Crippen LogP contribution is 2.32. The number of amides is 1. The van der Waals surface area contributed by atoms with Gasteiger partial charge >= 0.3 is 0 Å². The number of anilines is 1. The lowest BCUT2D eigenvalue weighted by Gasteiger charge is -2.28. The third kappa shape index (κ3) is 3.83. The van der Waals surface area contributed by atoms with Gasteiger partial charge in [0.1, 0.15) is 17.5 Å². The molecule has 3 rings (SSSR count). The Bertz CT molecular complexity index is 748. The smallest absolute Gasteiger partial charge is 0.282 e. The van der Waals surface area contributed by atoms with Gasteiger partial charge in [-0.25, -0.2) is 0 Å². The van der Waals surface area contributed by atoms with Crippen molar-refractivity contribution in [1.82, 2.24) is 0 Å². The van der Waals surface area contributed by atoms with Crippen molar-refractivity contribution in [3.63, 3.8) is 0 Å². The summed E-state index contributed by atoms with van der Waals surface area (Å²) in [6, 6.07) is 15.6. The number of hydrogen-bond acceptors (Lipinski definition) is 3. The zero-order valence-electron chi connectivity index (χ0n) is 15.6. The van der Waals surface area contributed by atoms with Gasteiger partial charge in [0.15, 0.2) is 6.04 Å². The Morgan fingerprint density at radius 1 is 1.15 bits per heavy atom. The monoisotopic (exact) mass is 355 g/mol. The van der Waals surface area contributed by atoms with Gasteiger partial charge in [-0.15, -0.1) is 0 Å². The second-order valence-electron chi connectivity index (χ2n) is 6.70. The Kier molecular flexibility index (Phi) is 5.78. The number of ether oxygens (including phenoxy) is 2. The lowest BCUT2D eigenvalue weighted by Crippen LogP contribution is -3.15. The van der Waals surface area contributed by atoms with Crippen LogP contribution in [0.25, 0.3) is 0 Å². The molecule has 2 N–H and O–H groups in total. The number of nitrogens with one attached hydrogen (secondary N) is 2. The molecule has 0 aromatic heterocycles. The minimum Gasteiger partial charge on any atom is -0.497 e. The maximum atomic E-state index is 12.8. The number of carbonyl (C=O) groups excluding carboxylic acids is 1. The van der Waals surface area contributed by atoms with Crippen LogP contribution in [0.2, 0.25) is 0 Å². The molecule has 0 aliphatic carbocycles. The summed E-state index contributed by atoms with van der Waals surface area (Å²) in [5.41, 5.74) is 1.94. The largest absolute Gasteiger partial charge is 0.497 e. The predicted molar refractivity (Wildman–Crippen MR) is 102 cm³/mol. The fourth-order valence-corrected chi connectivity index (χ4v) is 3.80. The Morgan fingerprint density at radius 2 is 1.92 bits per heavy atom. The summed E-state index contributed by atoms with van der Waals surface area (Å²) in [5, 5.41) is 3.03. The van der Waals surface area contributed by atoms with Crippen LogP contribution in [-0.4, -0.2) is 32.7 Å². The van der Waals surface area contributed by atoms with Crippen molar-refractivity contribution in [1.29, 1.82) is 0 Å². The van der Waals surface area contributed by atoms with Gasteiger partial charge in [-0.1, -0.05) is 18.2 Å². The molecule has 1 unspecified atom stereocenters. The summed E-state index contributed by atoms with van der Waals surface area (Å²) in [7, 11) is 3.35. The fraction of sp³-hybridized carbons (Fsp3) is 0.381. The Morgan fingerprint density at radius 3 is 2.62 bits per heavy atom. The van der Waals surface area contributed by atoms with Gasteiger partial charge in [0, 0.05) is 18.5 Å². The van der Waals surface area contributed by atoms with Crippen LogP contribution in [-0.2, 0) is 4.79 Å². The van der Waals surface area contributed by atoms with Crippen LogP contribution in [0.15, 0.2) is 48.5 Å². The number of likely N-dealkylation sites (tertiary alicyclic amines) is 1. The van der Waals surface area contributed by atoms with Gasteiger partial charge in [-0.3, -0.25) is 4.79 Å². The van der Waals surface area contributed by atoms with E-state index in [0.29, 0.717) is 0 Å². The van der Waals surface area contributed by atoms with E-state index in [-0.39, 0.29) is 18.0 Å². The van der Waals surface area contributed by atoms with Crippen molar-refractivity contribution >= 4 is 11.6 Å². The summed E-state index contributed by atoms with van der Waals surface area (Å²) in [6.07, 6.45) is 2.12. The number of quaternary nitrogens is 1. The SMILES string of the molecule is COc1ccc(OC)c([C@H]2CCC[NH+]2[C@@H](C)C(=O)Nc2ccccc2)c1. The molecule has 2 aromatic carbocycles. The molecule has 1 amide bonds. The number of carbonyl (C=O) groups is 1. The third-order valence-electron chi connectivity index (χ3n) is 5.21. The second kappa shape index (κ2) is 8.23. The number of benzene rings is 2. The first-order chi connectivity index (χ1) is 12.6. The number of para-hydroxylation sites is 1. The summed E-state index contributed by atoms with van der Waals surface area (Å²) in [6.45, 7) is 2.97. The average molecular weight is 355 g/mol. The molecule has 0 bridgehead atoms. The molecule has 0 spiro atoms. The summed E-state index contributed by atoms with van der Waals surface area (Å²) >= 11 is 0. The van der Waals surface area contributed by atoms with Crippen LogP contribution in [0.5, 0.6) is 11.5 Å². The first-order valence-electron chi connectivity index (χ1n) is 9.07. The maximum Gasteiger partial charge on any atom is 0.282 e. The quantitative estimate of drug-likeness (QED) is 0.837. The summed E-state index contributed by atoms with van der Waals surface area (Å²) in [5.74, 6) is 1.71. The molecule has 0 radical (unpaired) electrons. The Labute approximate surface area is 154 Å². The molecule has 5 nitrogen and oxygen atoms in total. The molecule has 1 aliphatic heterocycles. The Hall–Kier alpha value is -2.53. The van der Waals surface area contributed by atoms with Crippen LogP contribution in [0.3, 0.4) is 0 Å². The van der Waals surface area contributed by atoms with Crippen molar-refractivity contribution < 1.29 is 19.2 Å². The molecule has 1 heterocycles. The van der Waals surface area contributed by atoms with Crippen molar-refractivity contribution in [2.24, 2.45) is 0 Å². The van der Waals surface area contributed by atoms with E-state index in [2.05, 4.69) is 5.32 Å². The van der Waals surface area contributed by atoms with Gasteiger partial charge in [-0.2, -0.15) is 0 Å². The van der Waals surface area contributed by atoms with E-state index < -0.39 is 0 Å². The lowest BCUT2D eigenvalue weighted by atomic mass is 10.0. The standard InChI is InChI=1S/C21H26N2O3/c1-15(21(24)22-16-8-5-4-6-9-16)23-13-7-10-19(23)18-14-17(25-2)11-12-20(18)26-3/h4-6,8-9,11-12,14-15,19H,7,10,13H2,1-3H3,(H,22,24)/p+1/t15-,19+/m0/s1. The Balaban J connectivity index is 1.80. The fourth-order valence-electron chi connectivity index (χ4n) is 3.80. The van der Waals surface area contributed by atoms with Crippen LogP contribution in [0, 0.1) is 0 Å². The van der Waals surface area contributed by atoms with E-state index in [1.54, 1.807) is 14.2 Å². The minimum atomic E-state index is -0.154. The van der Waals surface area contributed by atoms with Crippen LogP contribution < -0.4 is 19.7 Å². The van der Waals surface area contributed by atoms with Gasteiger partial charge < -0.3 is 19.7 Å². The van der Waals surface area contributed by atoms with E-state index in [4.69, 9.17) is 9.47 Å². The van der Waals surface area contributed by atoms with Gasteiger partial charge in [0.25, 0.3) is 5.91 Å². The van der Waals surface area contributed by atoms with E-state index >= 15 is 0 Å². The van der Waals surface area contributed by atoms with E-state index in [9.17, 15) is 4.79 Å². The molecular formula is C21H27N2O3+. The predicted octanol–water partition coefficient (Wildman–Crippen LogP) is 2.45. The maximum absolute atomic E-state index is 12.8. The normalized spacial score (nSPS) is 20.4. The first kappa shape index (κ1) is 18.3. The molecular weight excluding hydrogens is 328 g/mol. The summed E-state index contributed by atoms with van der Waals surface area (Å²) in [4.78, 5) is 14.0. The average Bonchev–Trinajstić information content (AvgIpc) is 3.17. The van der Waals surface area contributed by atoms with E-state index in [1.165, 1.54) is 4.90 Å².